The molecule has 0 atom stereocenters. The Kier molecular flexibility index (Phi) is 4.91. The maximum Gasteiger partial charge on any atom is 0.0858 e. The first-order chi connectivity index (χ1) is 9.74. The van der Waals surface area contributed by atoms with Gasteiger partial charge in [-0.2, -0.15) is 0 Å². The van der Waals surface area contributed by atoms with E-state index in [-0.39, 0.29) is 0 Å². The summed E-state index contributed by atoms with van der Waals surface area (Å²) in [5.74, 6) is 0. The Bertz CT molecular complexity index is 576. The molecule has 0 saturated carbocycles. The third-order valence-corrected chi connectivity index (χ3v) is 3.19. The van der Waals surface area contributed by atoms with Crippen molar-refractivity contribution in [2.24, 2.45) is 5.73 Å². The van der Waals surface area contributed by atoms with Gasteiger partial charge < -0.3 is 11.1 Å². The molecule has 0 amide bonds. The fourth-order valence-corrected chi connectivity index (χ4v) is 2.12. The topological polar surface area (TPSA) is 50.9 Å². The van der Waals surface area contributed by atoms with E-state index in [4.69, 9.17) is 5.73 Å². The number of anilines is 1. The molecule has 3 N–H and O–H groups in total. The molecule has 0 saturated heterocycles. The fourth-order valence-electron chi connectivity index (χ4n) is 2.12. The lowest BCUT2D eigenvalue weighted by molar-refractivity contribution is 0.921. The van der Waals surface area contributed by atoms with Gasteiger partial charge in [-0.3, -0.25) is 4.98 Å². The molecule has 1 heterocycles. The highest BCUT2D eigenvalue weighted by Gasteiger charge is 2.06. The molecule has 2 aromatic rings. The van der Waals surface area contributed by atoms with Gasteiger partial charge in [0.25, 0.3) is 0 Å². The van der Waals surface area contributed by atoms with Crippen LogP contribution in [0.25, 0.3) is 5.70 Å². The highest BCUT2D eigenvalue weighted by molar-refractivity contribution is 5.75. The maximum atomic E-state index is 5.72. The monoisotopic (exact) mass is 267 g/mol. The number of aryl methyl sites for hydroxylation is 1. The van der Waals surface area contributed by atoms with Crippen molar-refractivity contribution in [3.8, 4) is 0 Å². The van der Waals surface area contributed by atoms with Crippen molar-refractivity contribution in [3.63, 3.8) is 0 Å². The summed E-state index contributed by atoms with van der Waals surface area (Å²) in [5, 5.41) is 3.37. The van der Waals surface area contributed by atoms with E-state index in [2.05, 4.69) is 42.0 Å². The number of hydrogen-bond acceptors (Lipinski definition) is 3. The van der Waals surface area contributed by atoms with Gasteiger partial charge in [-0.25, -0.2) is 0 Å². The van der Waals surface area contributed by atoms with Gasteiger partial charge in [0.1, 0.15) is 0 Å². The summed E-state index contributed by atoms with van der Waals surface area (Å²) < 4.78 is 0. The van der Waals surface area contributed by atoms with Crippen LogP contribution in [-0.4, -0.2) is 4.98 Å². The Hall–Kier alpha value is -2.13. The maximum absolute atomic E-state index is 5.72. The second kappa shape index (κ2) is 6.87. The molecule has 0 aliphatic heterocycles. The highest BCUT2D eigenvalue weighted by Crippen LogP contribution is 2.23. The van der Waals surface area contributed by atoms with Crippen LogP contribution in [0.15, 0.2) is 49.2 Å². The Morgan fingerprint density at radius 2 is 2.15 bits per heavy atom. The van der Waals surface area contributed by atoms with Gasteiger partial charge in [0.2, 0.25) is 0 Å². The number of hydrogen-bond donors (Lipinski definition) is 2. The third kappa shape index (κ3) is 3.45. The Morgan fingerprint density at radius 3 is 2.80 bits per heavy atom. The minimum absolute atomic E-state index is 0.539. The van der Waals surface area contributed by atoms with Gasteiger partial charge in [-0.15, -0.1) is 0 Å². The van der Waals surface area contributed by atoms with E-state index in [1.54, 1.807) is 6.20 Å². The van der Waals surface area contributed by atoms with E-state index < -0.39 is 0 Å². The number of aromatic nitrogens is 1. The average Bonchev–Trinajstić information content (AvgIpc) is 2.50. The second-order valence-corrected chi connectivity index (χ2v) is 4.76. The summed E-state index contributed by atoms with van der Waals surface area (Å²) in [5.41, 5.74) is 10.8. The zero-order valence-electron chi connectivity index (χ0n) is 11.9. The number of nitrogens with two attached hydrogens (primary N) is 1. The van der Waals surface area contributed by atoms with E-state index >= 15 is 0 Å². The van der Waals surface area contributed by atoms with Crippen LogP contribution < -0.4 is 11.1 Å². The van der Waals surface area contributed by atoms with Crippen LogP contribution in [0.2, 0.25) is 0 Å². The number of pyridine rings is 1. The number of nitrogens with zero attached hydrogens (tertiary/aromatic N) is 1. The molecule has 0 aliphatic carbocycles. The normalized spacial score (nSPS) is 10.3. The summed E-state index contributed by atoms with van der Waals surface area (Å²) in [4.78, 5) is 4.31. The molecule has 1 aromatic carbocycles. The summed E-state index contributed by atoms with van der Waals surface area (Å²) in [6.45, 7) is 6.79. The smallest absolute Gasteiger partial charge is 0.0858 e. The first-order valence-electron chi connectivity index (χ1n) is 6.93. The van der Waals surface area contributed by atoms with Crippen molar-refractivity contribution in [2.75, 3.05) is 5.32 Å². The molecular weight excluding hydrogens is 246 g/mol. The lowest BCUT2D eigenvalue weighted by Crippen LogP contribution is -2.04. The van der Waals surface area contributed by atoms with Crippen LogP contribution in [0, 0.1) is 0 Å². The Labute approximate surface area is 120 Å². The van der Waals surface area contributed by atoms with E-state index in [0.29, 0.717) is 6.54 Å². The second-order valence-electron chi connectivity index (χ2n) is 4.76. The van der Waals surface area contributed by atoms with Gasteiger partial charge in [-0.1, -0.05) is 38.1 Å². The minimum atomic E-state index is 0.539. The summed E-state index contributed by atoms with van der Waals surface area (Å²) in [6.07, 6.45) is 3.90. The van der Waals surface area contributed by atoms with Gasteiger partial charge >= 0.3 is 0 Å². The Balaban J connectivity index is 2.25. The molecule has 3 nitrogen and oxygen atoms in total. The highest BCUT2D eigenvalue weighted by atomic mass is 14.9. The van der Waals surface area contributed by atoms with Crippen molar-refractivity contribution in [3.05, 3.63) is 66.0 Å². The van der Waals surface area contributed by atoms with E-state index in [1.807, 2.05) is 18.2 Å². The van der Waals surface area contributed by atoms with E-state index in [9.17, 15) is 0 Å². The zero-order chi connectivity index (χ0) is 14.4. The van der Waals surface area contributed by atoms with E-state index in [1.165, 1.54) is 5.56 Å². The van der Waals surface area contributed by atoms with Crippen molar-refractivity contribution in [1.82, 2.24) is 4.98 Å². The summed E-state index contributed by atoms with van der Waals surface area (Å²) >= 11 is 0. The molecule has 0 bridgehead atoms. The SMILES string of the molecule is C=C(Nc1cc(CN)ccc1CCC)c1ccccn1. The van der Waals surface area contributed by atoms with E-state index in [0.717, 1.165) is 35.5 Å². The molecule has 0 aliphatic rings. The summed E-state index contributed by atoms with van der Waals surface area (Å²) in [6, 6.07) is 12.1. The molecule has 104 valence electrons. The average molecular weight is 267 g/mol. The molecule has 3 heteroatoms. The van der Waals surface area contributed by atoms with Gasteiger partial charge in [-0.05, 0) is 35.7 Å². The van der Waals surface area contributed by atoms with Crippen LogP contribution in [0.1, 0.15) is 30.2 Å². The third-order valence-electron chi connectivity index (χ3n) is 3.19. The standard InChI is InChI=1S/C17H21N3/c1-3-6-15-9-8-14(12-18)11-17(15)20-13(2)16-7-4-5-10-19-16/h4-5,7-11,20H,2-3,6,12,18H2,1H3. The molecule has 0 radical (unpaired) electrons. The molecule has 0 unspecified atom stereocenters. The lowest BCUT2D eigenvalue weighted by atomic mass is 10.0. The van der Waals surface area contributed by atoms with Crippen molar-refractivity contribution in [1.29, 1.82) is 0 Å². The Morgan fingerprint density at radius 1 is 1.30 bits per heavy atom. The number of nitrogens with one attached hydrogen (secondary N) is 1. The van der Waals surface area contributed by atoms with Crippen LogP contribution >= 0.6 is 0 Å². The molecule has 20 heavy (non-hydrogen) atoms. The van der Waals surface area contributed by atoms with Crippen molar-refractivity contribution in [2.45, 2.75) is 26.3 Å². The molecule has 2 rings (SSSR count). The van der Waals surface area contributed by atoms with Crippen LogP contribution in [0.5, 0.6) is 0 Å². The van der Waals surface area contributed by atoms with Crippen LogP contribution in [0.3, 0.4) is 0 Å². The predicted octanol–water partition coefficient (Wildman–Crippen LogP) is 3.58. The number of rotatable bonds is 6. The fraction of sp³-hybridized carbons (Fsp3) is 0.235. The number of benzene rings is 1. The molecular formula is C17H21N3. The lowest BCUT2D eigenvalue weighted by Gasteiger charge is -2.14. The minimum Gasteiger partial charge on any atom is -0.354 e. The van der Waals surface area contributed by atoms with Crippen LogP contribution in [0.4, 0.5) is 5.69 Å². The van der Waals surface area contributed by atoms with Crippen LogP contribution in [-0.2, 0) is 13.0 Å². The zero-order valence-corrected chi connectivity index (χ0v) is 11.9. The van der Waals surface area contributed by atoms with Gasteiger partial charge in [0.05, 0.1) is 11.4 Å². The quantitative estimate of drug-likeness (QED) is 0.841. The van der Waals surface area contributed by atoms with Crippen molar-refractivity contribution < 1.29 is 0 Å². The van der Waals surface area contributed by atoms with Gasteiger partial charge in [0.15, 0.2) is 0 Å². The molecule has 1 aromatic heterocycles. The first kappa shape index (κ1) is 14.3. The molecule has 0 spiro atoms. The van der Waals surface area contributed by atoms with Crippen molar-refractivity contribution >= 4 is 11.4 Å². The van der Waals surface area contributed by atoms with Gasteiger partial charge in [0, 0.05) is 18.4 Å². The largest absolute Gasteiger partial charge is 0.354 e. The first-order valence-corrected chi connectivity index (χ1v) is 6.93. The summed E-state index contributed by atoms with van der Waals surface area (Å²) in [7, 11) is 0. The molecule has 0 fully saturated rings. The predicted molar refractivity (Wildman–Crippen MR) is 85.2 cm³/mol.